The van der Waals surface area contributed by atoms with Crippen molar-refractivity contribution in [1.29, 1.82) is 0 Å². The first-order chi connectivity index (χ1) is 9.74. The predicted octanol–water partition coefficient (Wildman–Crippen LogP) is 4.77. The molecule has 1 heterocycles. The molecule has 0 atom stereocenters. The van der Waals surface area contributed by atoms with E-state index < -0.39 is 0 Å². The number of benzene rings is 2. The van der Waals surface area contributed by atoms with Gasteiger partial charge < -0.3 is 0 Å². The van der Waals surface area contributed by atoms with Gasteiger partial charge in [0.05, 0.1) is 5.69 Å². The van der Waals surface area contributed by atoms with E-state index in [0.717, 1.165) is 22.1 Å². The van der Waals surface area contributed by atoms with Gasteiger partial charge in [-0.2, -0.15) is 5.10 Å². The third kappa shape index (κ3) is 2.56. The van der Waals surface area contributed by atoms with Crippen LogP contribution in [0.25, 0.3) is 22.0 Å². The summed E-state index contributed by atoms with van der Waals surface area (Å²) in [5.41, 5.74) is 6.10. The van der Waals surface area contributed by atoms with Crippen molar-refractivity contribution in [2.45, 2.75) is 13.8 Å². The third-order valence-corrected chi connectivity index (χ3v) is 3.69. The highest BCUT2D eigenvalue weighted by Gasteiger charge is 2.07. The van der Waals surface area contributed by atoms with Crippen LogP contribution < -0.4 is 5.43 Å². The SMILES string of the molecule is CC(C)=NNc1nc(-c2cccc3ccccc23)cs1. The highest BCUT2D eigenvalue weighted by molar-refractivity contribution is 7.14. The molecule has 0 saturated carbocycles. The van der Waals surface area contributed by atoms with Crippen LogP contribution in [-0.4, -0.2) is 10.7 Å². The summed E-state index contributed by atoms with van der Waals surface area (Å²) < 4.78 is 0. The standard InChI is InChI=1S/C16H15N3S/c1-11(2)18-19-16-17-15(10-20-16)14-9-5-7-12-6-3-4-8-13(12)14/h3-10H,1-2H3,(H,17,19). The largest absolute Gasteiger partial charge is 0.253 e. The lowest BCUT2D eigenvalue weighted by Crippen LogP contribution is -1.92. The molecule has 0 unspecified atom stereocenters. The van der Waals surface area contributed by atoms with E-state index in [2.05, 4.69) is 63.4 Å². The molecule has 0 aliphatic rings. The second-order valence-corrected chi connectivity index (χ2v) is 5.59. The van der Waals surface area contributed by atoms with E-state index in [0.29, 0.717) is 0 Å². The highest BCUT2D eigenvalue weighted by atomic mass is 32.1. The van der Waals surface area contributed by atoms with Crippen LogP contribution in [0.5, 0.6) is 0 Å². The lowest BCUT2D eigenvalue weighted by molar-refractivity contribution is 1.27. The van der Waals surface area contributed by atoms with Crippen LogP contribution in [-0.2, 0) is 0 Å². The average molecular weight is 281 g/mol. The number of thiazole rings is 1. The smallest absolute Gasteiger partial charge is 0.203 e. The van der Waals surface area contributed by atoms with Gasteiger partial charge in [-0.15, -0.1) is 11.3 Å². The molecule has 4 heteroatoms. The minimum Gasteiger partial charge on any atom is -0.253 e. The Labute approximate surface area is 122 Å². The number of hydrazone groups is 1. The fraction of sp³-hybridized carbons (Fsp3) is 0.125. The maximum atomic E-state index is 4.60. The van der Waals surface area contributed by atoms with Gasteiger partial charge in [-0.3, -0.25) is 5.43 Å². The molecule has 3 rings (SSSR count). The van der Waals surface area contributed by atoms with E-state index in [-0.39, 0.29) is 0 Å². The minimum absolute atomic E-state index is 0.814. The van der Waals surface area contributed by atoms with Crippen molar-refractivity contribution in [2.24, 2.45) is 5.10 Å². The Hall–Kier alpha value is -2.20. The first-order valence-corrected chi connectivity index (χ1v) is 7.32. The molecule has 0 radical (unpaired) electrons. The molecule has 0 saturated heterocycles. The third-order valence-electron chi connectivity index (χ3n) is 2.94. The Morgan fingerprint density at radius 3 is 2.75 bits per heavy atom. The van der Waals surface area contributed by atoms with E-state index in [1.807, 2.05) is 13.8 Å². The zero-order chi connectivity index (χ0) is 13.9. The first-order valence-electron chi connectivity index (χ1n) is 6.44. The lowest BCUT2D eigenvalue weighted by Gasteiger charge is -2.03. The van der Waals surface area contributed by atoms with Crippen molar-refractivity contribution >= 4 is 33.0 Å². The number of nitrogens with zero attached hydrogens (tertiary/aromatic N) is 2. The molecule has 0 bridgehead atoms. The second kappa shape index (κ2) is 5.43. The molecule has 20 heavy (non-hydrogen) atoms. The van der Waals surface area contributed by atoms with Crippen LogP contribution in [0.1, 0.15) is 13.8 Å². The van der Waals surface area contributed by atoms with Crippen LogP contribution in [0.15, 0.2) is 52.9 Å². The fourth-order valence-electron chi connectivity index (χ4n) is 2.06. The summed E-state index contributed by atoms with van der Waals surface area (Å²) in [5, 5.41) is 9.51. The summed E-state index contributed by atoms with van der Waals surface area (Å²) >= 11 is 1.57. The van der Waals surface area contributed by atoms with Crippen molar-refractivity contribution in [2.75, 3.05) is 5.43 Å². The average Bonchev–Trinajstić information content (AvgIpc) is 2.93. The number of rotatable bonds is 3. The number of aromatic nitrogens is 1. The van der Waals surface area contributed by atoms with Gasteiger partial charge in [0.1, 0.15) is 0 Å². The second-order valence-electron chi connectivity index (χ2n) is 4.74. The Bertz CT molecular complexity index is 765. The van der Waals surface area contributed by atoms with Crippen LogP contribution in [0.3, 0.4) is 0 Å². The van der Waals surface area contributed by atoms with Crippen molar-refractivity contribution in [1.82, 2.24) is 4.98 Å². The molecule has 0 aliphatic carbocycles. The van der Waals surface area contributed by atoms with Gasteiger partial charge in [0.25, 0.3) is 0 Å². The summed E-state index contributed by atoms with van der Waals surface area (Å²) in [7, 11) is 0. The monoisotopic (exact) mass is 281 g/mol. The minimum atomic E-state index is 0.814. The molecular formula is C16H15N3S. The zero-order valence-corrected chi connectivity index (χ0v) is 12.2. The van der Waals surface area contributed by atoms with Crippen molar-refractivity contribution in [3.05, 3.63) is 47.8 Å². The van der Waals surface area contributed by atoms with Crippen LogP contribution in [0, 0.1) is 0 Å². The molecule has 2 aromatic carbocycles. The molecule has 1 aromatic heterocycles. The van der Waals surface area contributed by atoms with E-state index in [4.69, 9.17) is 0 Å². The Kier molecular flexibility index (Phi) is 3.48. The van der Waals surface area contributed by atoms with E-state index in [9.17, 15) is 0 Å². The molecular weight excluding hydrogens is 266 g/mol. The normalized spacial score (nSPS) is 10.5. The van der Waals surface area contributed by atoms with Gasteiger partial charge >= 0.3 is 0 Å². The summed E-state index contributed by atoms with van der Waals surface area (Å²) in [5.74, 6) is 0. The molecule has 100 valence electrons. The summed E-state index contributed by atoms with van der Waals surface area (Å²) in [6, 6.07) is 14.7. The van der Waals surface area contributed by atoms with Crippen LogP contribution in [0.2, 0.25) is 0 Å². The van der Waals surface area contributed by atoms with Gasteiger partial charge in [0.15, 0.2) is 0 Å². The molecule has 3 nitrogen and oxygen atoms in total. The van der Waals surface area contributed by atoms with Crippen LogP contribution >= 0.6 is 11.3 Å². The number of anilines is 1. The quantitative estimate of drug-likeness (QED) is 0.554. The highest BCUT2D eigenvalue weighted by Crippen LogP contribution is 2.30. The first kappa shape index (κ1) is 12.8. The summed E-state index contributed by atoms with van der Waals surface area (Å²) in [6.45, 7) is 3.90. The lowest BCUT2D eigenvalue weighted by atomic mass is 10.0. The molecule has 0 aliphatic heterocycles. The van der Waals surface area contributed by atoms with Gasteiger partial charge in [-0.25, -0.2) is 4.98 Å². The van der Waals surface area contributed by atoms with E-state index >= 15 is 0 Å². The number of hydrogen-bond donors (Lipinski definition) is 1. The molecule has 0 spiro atoms. The summed E-state index contributed by atoms with van der Waals surface area (Å²) in [6.07, 6.45) is 0. The Balaban J connectivity index is 2.01. The summed E-state index contributed by atoms with van der Waals surface area (Å²) in [4.78, 5) is 4.60. The predicted molar refractivity (Wildman–Crippen MR) is 87.5 cm³/mol. The number of hydrogen-bond acceptors (Lipinski definition) is 4. The van der Waals surface area contributed by atoms with Gasteiger partial charge in [0, 0.05) is 16.7 Å². The van der Waals surface area contributed by atoms with Gasteiger partial charge in [-0.05, 0) is 24.6 Å². The van der Waals surface area contributed by atoms with Gasteiger partial charge in [0.2, 0.25) is 5.13 Å². The number of fused-ring (bicyclic) bond motifs is 1. The topological polar surface area (TPSA) is 37.3 Å². The van der Waals surface area contributed by atoms with Crippen molar-refractivity contribution < 1.29 is 0 Å². The molecule has 0 amide bonds. The maximum absolute atomic E-state index is 4.60. The fourth-order valence-corrected chi connectivity index (χ4v) is 2.71. The molecule has 3 aromatic rings. The molecule has 1 N–H and O–H groups in total. The number of nitrogens with one attached hydrogen (secondary N) is 1. The van der Waals surface area contributed by atoms with E-state index in [1.165, 1.54) is 10.8 Å². The van der Waals surface area contributed by atoms with Gasteiger partial charge in [-0.1, -0.05) is 42.5 Å². The van der Waals surface area contributed by atoms with Crippen molar-refractivity contribution in [3.8, 4) is 11.3 Å². The molecule has 0 fully saturated rings. The maximum Gasteiger partial charge on any atom is 0.203 e. The van der Waals surface area contributed by atoms with Crippen molar-refractivity contribution in [3.63, 3.8) is 0 Å². The Morgan fingerprint density at radius 2 is 1.90 bits per heavy atom. The Morgan fingerprint density at radius 1 is 1.10 bits per heavy atom. The van der Waals surface area contributed by atoms with Crippen LogP contribution in [0.4, 0.5) is 5.13 Å². The van der Waals surface area contributed by atoms with E-state index in [1.54, 1.807) is 11.3 Å². The zero-order valence-electron chi connectivity index (χ0n) is 11.4.